The average molecular weight is 450 g/mol. The van der Waals surface area contributed by atoms with Crippen molar-refractivity contribution in [1.29, 1.82) is 0 Å². The molecule has 0 saturated carbocycles. The summed E-state index contributed by atoms with van der Waals surface area (Å²) in [5, 5.41) is 11.7. The molecule has 0 fully saturated rings. The minimum Gasteiger partial charge on any atom is -0.497 e. The molecule has 33 heavy (non-hydrogen) atoms. The summed E-state index contributed by atoms with van der Waals surface area (Å²) in [6.07, 6.45) is 0.753. The summed E-state index contributed by atoms with van der Waals surface area (Å²) in [6.45, 7) is 3.93. The number of ketones is 1. The maximum Gasteiger partial charge on any atom is 0.293 e. The number of allylic oxidation sites excluding steroid dienone is 2. The Morgan fingerprint density at radius 2 is 1.79 bits per heavy atom. The van der Waals surface area contributed by atoms with Gasteiger partial charge in [-0.05, 0) is 36.1 Å². The van der Waals surface area contributed by atoms with Gasteiger partial charge in [0.25, 0.3) is 5.69 Å². The Morgan fingerprint density at radius 1 is 1.06 bits per heavy atom. The molecule has 4 rings (SSSR count). The first-order valence-electron chi connectivity index (χ1n) is 10.7. The Morgan fingerprint density at radius 3 is 2.45 bits per heavy atom. The Bertz CT molecular complexity index is 1180. The number of Topliss-reactive ketones (excluding diaryl/α,β-unsaturated/α-hetero) is 1. The fourth-order valence-corrected chi connectivity index (χ4v) is 4.88. The van der Waals surface area contributed by atoms with Crippen LogP contribution in [0.15, 0.2) is 53.7 Å². The first-order valence-corrected chi connectivity index (χ1v) is 10.7. The van der Waals surface area contributed by atoms with Crippen molar-refractivity contribution in [3.8, 4) is 11.5 Å². The highest BCUT2D eigenvalue weighted by atomic mass is 16.6. The molecular weight excluding hydrogens is 424 g/mol. The predicted molar refractivity (Wildman–Crippen MR) is 123 cm³/mol. The van der Waals surface area contributed by atoms with Crippen LogP contribution in [0.1, 0.15) is 44.6 Å². The number of rotatable bonds is 5. The summed E-state index contributed by atoms with van der Waals surface area (Å²) in [5.74, 6) is 0.248. The van der Waals surface area contributed by atoms with Gasteiger partial charge in [0.1, 0.15) is 17.2 Å². The number of carbonyl (C=O) groups excluding carboxylic acids is 2. The highest BCUT2D eigenvalue weighted by molar-refractivity contribution is 6.08. The lowest BCUT2D eigenvalue weighted by molar-refractivity contribution is -0.384. The van der Waals surface area contributed by atoms with Gasteiger partial charge < -0.3 is 9.47 Å². The maximum atomic E-state index is 13.6. The standard InChI is InChI=1S/C25H26N2O6/c1-25(2)13-20-24(21(28)14-25)17(16-11-15(32-3)9-10-22(16)33-4)12-23(29)26(20)18-7-5-6-8-19(18)27(30)31/h5-11,17H,12-14H2,1-4H3. The van der Waals surface area contributed by atoms with Crippen LogP contribution in [0.3, 0.4) is 0 Å². The van der Waals surface area contributed by atoms with Crippen LogP contribution in [-0.4, -0.2) is 30.8 Å². The summed E-state index contributed by atoms with van der Waals surface area (Å²) in [5.41, 5.74) is 1.34. The van der Waals surface area contributed by atoms with E-state index in [-0.39, 0.29) is 29.5 Å². The molecule has 1 unspecified atom stereocenters. The molecule has 0 bridgehead atoms. The van der Waals surface area contributed by atoms with Crippen molar-refractivity contribution < 1.29 is 24.0 Å². The normalized spacial score (nSPS) is 19.9. The number of hydrogen-bond acceptors (Lipinski definition) is 6. The van der Waals surface area contributed by atoms with Crippen molar-refractivity contribution in [2.24, 2.45) is 5.41 Å². The molecule has 0 radical (unpaired) electrons. The molecule has 2 aromatic rings. The van der Waals surface area contributed by atoms with Crippen LogP contribution in [0.4, 0.5) is 11.4 Å². The largest absolute Gasteiger partial charge is 0.497 e. The first-order chi connectivity index (χ1) is 15.7. The van der Waals surface area contributed by atoms with Gasteiger partial charge in [0, 0.05) is 41.7 Å². The number of nitrogens with zero attached hydrogens (tertiary/aromatic N) is 2. The SMILES string of the molecule is COc1ccc(OC)c(C2CC(=O)N(c3ccccc3[N+](=O)[O-])C3=C2C(=O)CC(C)(C)C3)c1. The quantitative estimate of drug-likeness (QED) is 0.480. The lowest BCUT2D eigenvalue weighted by Crippen LogP contribution is -2.44. The average Bonchev–Trinajstić information content (AvgIpc) is 2.77. The minimum atomic E-state index is -0.528. The molecule has 0 N–H and O–H groups in total. The zero-order valence-electron chi connectivity index (χ0n) is 19.1. The van der Waals surface area contributed by atoms with Gasteiger partial charge in [-0.25, -0.2) is 0 Å². The number of nitro benzene ring substituents is 1. The van der Waals surface area contributed by atoms with Crippen LogP contribution in [0.2, 0.25) is 0 Å². The van der Waals surface area contributed by atoms with E-state index in [4.69, 9.17) is 9.47 Å². The molecule has 1 heterocycles. The highest BCUT2D eigenvalue weighted by Gasteiger charge is 2.46. The summed E-state index contributed by atoms with van der Waals surface area (Å²) >= 11 is 0. The summed E-state index contributed by atoms with van der Waals surface area (Å²) in [6, 6.07) is 11.4. The van der Waals surface area contributed by atoms with Crippen LogP contribution in [0.25, 0.3) is 0 Å². The number of benzene rings is 2. The molecule has 0 aromatic heterocycles. The molecule has 1 aliphatic carbocycles. The maximum absolute atomic E-state index is 13.6. The van der Waals surface area contributed by atoms with Gasteiger partial charge in [-0.15, -0.1) is 0 Å². The van der Waals surface area contributed by atoms with Crippen molar-refractivity contribution in [2.75, 3.05) is 19.1 Å². The lowest BCUT2D eigenvalue weighted by atomic mass is 9.69. The van der Waals surface area contributed by atoms with Gasteiger partial charge in [0.15, 0.2) is 5.78 Å². The third-order valence-electron chi connectivity index (χ3n) is 6.27. The monoisotopic (exact) mass is 450 g/mol. The number of anilines is 1. The van der Waals surface area contributed by atoms with Crippen LogP contribution >= 0.6 is 0 Å². The smallest absolute Gasteiger partial charge is 0.293 e. The topological polar surface area (TPSA) is 99.0 Å². The van der Waals surface area contributed by atoms with Gasteiger partial charge in [-0.3, -0.25) is 24.6 Å². The van der Waals surface area contributed by atoms with Crippen molar-refractivity contribution in [1.82, 2.24) is 0 Å². The Balaban J connectivity index is 1.97. The number of methoxy groups -OCH3 is 2. The molecule has 1 atom stereocenters. The van der Waals surface area contributed by atoms with Crippen molar-refractivity contribution in [3.05, 3.63) is 69.4 Å². The Hall–Kier alpha value is -3.68. The highest BCUT2D eigenvalue weighted by Crippen LogP contribution is 2.50. The number of para-hydroxylation sites is 2. The van der Waals surface area contributed by atoms with Gasteiger partial charge in [-0.1, -0.05) is 26.0 Å². The van der Waals surface area contributed by atoms with E-state index in [0.29, 0.717) is 41.2 Å². The number of amides is 1. The number of nitro groups is 1. The van der Waals surface area contributed by atoms with E-state index in [1.165, 1.54) is 18.1 Å². The number of hydrogen-bond donors (Lipinski definition) is 0. The lowest BCUT2D eigenvalue weighted by Gasteiger charge is -2.42. The Labute approximate surface area is 191 Å². The second-order valence-corrected chi connectivity index (χ2v) is 9.14. The molecule has 172 valence electrons. The van der Waals surface area contributed by atoms with Gasteiger partial charge in [-0.2, -0.15) is 0 Å². The number of carbonyl (C=O) groups is 2. The van der Waals surface area contributed by atoms with Crippen molar-refractivity contribution in [2.45, 2.75) is 39.0 Å². The van der Waals surface area contributed by atoms with E-state index >= 15 is 0 Å². The van der Waals surface area contributed by atoms with E-state index in [2.05, 4.69) is 0 Å². The van der Waals surface area contributed by atoms with E-state index in [0.717, 1.165) is 0 Å². The van der Waals surface area contributed by atoms with Crippen molar-refractivity contribution in [3.63, 3.8) is 0 Å². The van der Waals surface area contributed by atoms with Gasteiger partial charge >= 0.3 is 0 Å². The zero-order valence-corrected chi connectivity index (χ0v) is 19.1. The summed E-state index contributed by atoms with van der Waals surface area (Å²) in [7, 11) is 3.09. The van der Waals surface area contributed by atoms with Crippen molar-refractivity contribution >= 4 is 23.1 Å². The molecule has 8 nitrogen and oxygen atoms in total. The Kier molecular flexibility index (Phi) is 5.69. The third-order valence-corrected chi connectivity index (χ3v) is 6.27. The molecule has 1 amide bonds. The fourth-order valence-electron chi connectivity index (χ4n) is 4.88. The van der Waals surface area contributed by atoms with E-state index in [1.54, 1.807) is 43.5 Å². The zero-order chi connectivity index (χ0) is 23.9. The summed E-state index contributed by atoms with van der Waals surface area (Å²) < 4.78 is 10.9. The van der Waals surface area contributed by atoms with Crippen LogP contribution in [-0.2, 0) is 9.59 Å². The second kappa shape index (κ2) is 8.35. The third kappa shape index (κ3) is 3.97. The number of ether oxygens (including phenoxy) is 2. The molecule has 2 aliphatic rings. The van der Waals surface area contributed by atoms with Crippen LogP contribution in [0.5, 0.6) is 11.5 Å². The van der Waals surface area contributed by atoms with Gasteiger partial charge in [0.05, 0.1) is 19.1 Å². The summed E-state index contributed by atoms with van der Waals surface area (Å²) in [4.78, 5) is 39.6. The fraction of sp³-hybridized carbons (Fsp3) is 0.360. The van der Waals surface area contributed by atoms with Gasteiger partial charge in [0.2, 0.25) is 5.91 Å². The van der Waals surface area contributed by atoms with E-state index < -0.39 is 16.3 Å². The molecule has 8 heteroatoms. The van der Waals surface area contributed by atoms with E-state index in [9.17, 15) is 19.7 Å². The minimum absolute atomic E-state index is 0.0133. The second-order valence-electron chi connectivity index (χ2n) is 9.14. The molecular formula is C25H26N2O6. The molecule has 0 spiro atoms. The molecule has 2 aromatic carbocycles. The molecule has 1 aliphatic heterocycles. The van der Waals surface area contributed by atoms with Crippen LogP contribution in [0, 0.1) is 15.5 Å². The predicted octanol–water partition coefficient (Wildman–Crippen LogP) is 4.78. The molecule has 0 saturated heterocycles. The first kappa shape index (κ1) is 22.5. The van der Waals surface area contributed by atoms with Crippen LogP contribution < -0.4 is 14.4 Å². The van der Waals surface area contributed by atoms with E-state index in [1.807, 2.05) is 13.8 Å².